The Morgan fingerprint density at radius 3 is 2.41 bits per heavy atom. The molecule has 3 nitrogen and oxygen atoms in total. The van der Waals surface area contributed by atoms with Gasteiger partial charge in [-0.25, -0.2) is 9.97 Å². The van der Waals surface area contributed by atoms with Crippen LogP contribution in [0, 0.1) is 6.92 Å². The van der Waals surface area contributed by atoms with Crippen LogP contribution in [0.2, 0.25) is 0 Å². The zero-order valence-electron chi connectivity index (χ0n) is 9.17. The van der Waals surface area contributed by atoms with Gasteiger partial charge in [-0.15, -0.1) is 0 Å². The summed E-state index contributed by atoms with van der Waals surface area (Å²) in [5.74, 6) is 0.686. The molecular formula is C11H9Cl3N2O. The minimum atomic E-state index is -1.58. The van der Waals surface area contributed by atoms with Crippen molar-refractivity contribution in [1.82, 2.24) is 9.97 Å². The smallest absolute Gasteiger partial charge is 0.234 e. The van der Waals surface area contributed by atoms with E-state index >= 15 is 0 Å². The molecule has 0 aliphatic rings. The number of aromatic nitrogens is 2. The first kappa shape index (κ1) is 12.7. The highest BCUT2D eigenvalue weighted by Crippen LogP contribution is 2.38. The van der Waals surface area contributed by atoms with Gasteiger partial charge in [-0.05, 0) is 19.1 Å². The second-order valence-corrected chi connectivity index (χ2v) is 5.79. The second-order valence-electron chi connectivity index (χ2n) is 3.51. The van der Waals surface area contributed by atoms with Gasteiger partial charge in [-0.3, -0.25) is 0 Å². The molecule has 1 aromatic carbocycles. The summed E-state index contributed by atoms with van der Waals surface area (Å²) in [6.45, 7) is 1.76. The average Bonchev–Trinajstić information content (AvgIpc) is 2.26. The lowest BCUT2D eigenvalue weighted by atomic mass is 10.2. The standard InChI is InChI=1S/C11H9Cl3N2O/c1-6-10(11(12,13)14)16-9-5-7(17-2)3-4-8(9)15-6/h3-5H,1-2H3. The SMILES string of the molecule is COc1ccc2nc(C)c(C(Cl)(Cl)Cl)nc2c1. The molecule has 0 bridgehead atoms. The first-order valence-electron chi connectivity index (χ1n) is 4.81. The minimum Gasteiger partial charge on any atom is -0.497 e. The number of benzene rings is 1. The van der Waals surface area contributed by atoms with Crippen molar-refractivity contribution in [3.8, 4) is 5.75 Å². The second kappa shape index (κ2) is 4.48. The first-order chi connectivity index (χ1) is 7.91. The lowest BCUT2D eigenvalue weighted by Crippen LogP contribution is -2.08. The molecule has 0 aliphatic heterocycles. The predicted octanol–water partition coefficient (Wildman–Crippen LogP) is 3.77. The van der Waals surface area contributed by atoms with Gasteiger partial charge in [0.1, 0.15) is 11.4 Å². The molecule has 2 rings (SSSR count). The summed E-state index contributed by atoms with van der Waals surface area (Å²) in [4.78, 5) is 8.66. The van der Waals surface area contributed by atoms with E-state index in [-0.39, 0.29) is 0 Å². The highest BCUT2D eigenvalue weighted by Gasteiger charge is 2.28. The van der Waals surface area contributed by atoms with E-state index in [9.17, 15) is 0 Å². The van der Waals surface area contributed by atoms with E-state index in [4.69, 9.17) is 39.5 Å². The quantitative estimate of drug-likeness (QED) is 0.750. The van der Waals surface area contributed by atoms with E-state index in [1.807, 2.05) is 12.1 Å². The molecule has 0 radical (unpaired) electrons. The van der Waals surface area contributed by atoms with Crippen LogP contribution in [-0.2, 0) is 3.79 Å². The zero-order chi connectivity index (χ0) is 12.6. The van der Waals surface area contributed by atoms with Crippen LogP contribution in [0.5, 0.6) is 5.75 Å². The van der Waals surface area contributed by atoms with Crippen LogP contribution in [0.1, 0.15) is 11.4 Å². The van der Waals surface area contributed by atoms with Crippen LogP contribution >= 0.6 is 34.8 Å². The summed E-state index contributed by atoms with van der Waals surface area (Å²) < 4.78 is 3.54. The Balaban J connectivity index is 2.69. The fraction of sp³-hybridized carbons (Fsp3) is 0.273. The van der Waals surface area contributed by atoms with Crippen molar-refractivity contribution in [3.05, 3.63) is 29.6 Å². The molecule has 6 heteroatoms. The molecule has 0 unspecified atom stereocenters. The Labute approximate surface area is 114 Å². The highest BCUT2D eigenvalue weighted by atomic mass is 35.6. The van der Waals surface area contributed by atoms with Crippen molar-refractivity contribution < 1.29 is 4.74 Å². The summed E-state index contributed by atoms with van der Waals surface area (Å²) in [7, 11) is 1.58. The number of hydrogen-bond acceptors (Lipinski definition) is 3. The van der Waals surface area contributed by atoms with E-state index in [1.54, 1.807) is 20.1 Å². The van der Waals surface area contributed by atoms with Gasteiger partial charge < -0.3 is 4.74 Å². The third-order valence-corrected chi connectivity index (χ3v) is 2.85. The van der Waals surface area contributed by atoms with Gasteiger partial charge >= 0.3 is 0 Å². The van der Waals surface area contributed by atoms with Gasteiger partial charge in [-0.1, -0.05) is 34.8 Å². The maximum atomic E-state index is 5.83. The third kappa shape index (κ3) is 2.57. The van der Waals surface area contributed by atoms with Crippen LogP contribution in [-0.4, -0.2) is 17.1 Å². The van der Waals surface area contributed by atoms with Crippen LogP contribution in [0.3, 0.4) is 0 Å². The molecule has 17 heavy (non-hydrogen) atoms. The van der Waals surface area contributed by atoms with Gasteiger partial charge in [0.25, 0.3) is 0 Å². The van der Waals surface area contributed by atoms with E-state index in [0.29, 0.717) is 22.7 Å². The number of ether oxygens (including phenoxy) is 1. The maximum absolute atomic E-state index is 5.83. The minimum absolute atomic E-state index is 0.336. The molecule has 0 fully saturated rings. The molecule has 0 aliphatic carbocycles. The molecule has 90 valence electrons. The topological polar surface area (TPSA) is 35.0 Å². The molecule has 0 N–H and O–H groups in total. The molecule has 0 amide bonds. The number of methoxy groups -OCH3 is 1. The Morgan fingerprint density at radius 2 is 1.82 bits per heavy atom. The number of alkyl halides is 3. The number of hydrogen-bond donors (Lipinski definition) is 0. The molecule has 0 saturated heterocycles. The van der Waals surface area contributed by atoms with E-state index in [1.165, 1.54) is 0 Å². The molecule has 0 saturated carbocycles. The summed E-state index contributed by atoms with van der Waals surface area (Å²) in [5.41, 5.74) is 2.31. The Bertz CT molecular complexity index is 566. The summed E-state index contributed by atoms with van der Waals surface area (Å²) in [6, 6.07) is 5.38. The van der Waals surface area contributed by atoms with Gasteiger partial charge in [0.05, 0.1) is 23.8 Å². The van der Waals surface area contributed by atoms with Crippen molar-refractivity contribution in [1.29, 1.82) is 0 Å². The van der Waals surface area contributed by atoms with Crippen LogP contribution < -0.4 is 4.74 Å². The molecule has 0 spiro atoms. The normalized spacial score (nSPS) is 11.8. The van der Waals surface area contributed by atoms with Crippen LogP contribution in [0.4, 0.5) is 0 Å². The van der Waals surface area contributed by atoms with E-state index in [2.05, 4.69) is 9.97 Å². The van der Waals surface area contributed by atoms with Crippen molar-refractivity contribution in [3.63, 3.8) is 0 Å². The Hall–Kier alpha value is -0.770. The van der Waals surface area contributed by atoms with Crippen LogP contribution in [0.25, 0.3) is 11.0 Å². The zero-order valence-corrected chi connectivity index (χ0v) is 11.4. The molecule has 0 atom stereocenters. The van der Waals surface area contributed by atoms with Gasteiger partial charge in [-0.2, -0.15) is 0 Å². The largest absolute Gasteiger partial charge is 0.497 e. The highest BCUT2D eigenvalue weighted by molar-refractivity contribution is 6.66. The lowest BCUT2D eigenvalue weighted by molar-refractivity contribution is 0.415. The van der Waals surface area contributed by atoms with Crippen molar-refractivity contribution in [2.24, 2.45) is 0 Å². The number of fused-ring (bicyclic) bond motifs is 1. The molecular weight excluding hydrogens is 282 g/mol. The van der Waals surface area contributed by atoms with Crippen molar-refractivity contribution in [2.45, 2.75) is 10.7 Å². The molecule has 2 aromatic rings. The third-order valence-electron chi connectivity index (χ3n) is 2.31. The van der Waals surface area contributed by atoms with E-state index < -0.39 is 3.79 Å². The number of rotatable bonds is 1. The summed E-state index contributed by atoms with van der Waals surface area (Å²) >= 11 is 17.5. The first-order valence-corrected chi connectivity index (χ1v) is 5.95. The van der Waals surface area contributed by atoms with Gasteiger partial charge in [0.2, 0.25) is 3.79 Å². The van der Waals surface area contributed by atoms with Crippen LogP contribution in [0.15, 0.2) is 18.2 Å². The Morgan fingerprint density at radius 1 is 1.12 bits per heavy atom. The lowest BCUT2D eigenvalue weighted by Gasteiger charge is -2.13. The number of aryl methyl sites for hydroxylation is 1. The van der Waals surface area contributed by atoms with Gasteiger partial charge in [0.15, 0.2) is 0 Å². The molecule has 1 heterocycles. The fourth-order valence-electron chi connectivity index (χ4n) is 1.52. The molecule has 1 aromatic heterocycles. The van der Waals surface area contributed by atoms with Gasteiger partial charge in [0, 0.05) is 6.07 Å². The maximum Gasteiger partial charge on any atom is 0.234 e. The Kier molecular flexibility index (Phi) is 3.34. The number of nitrogens with zero attached hydrogens (tertiary/aromatic N) is 2. The monoisotopic (exact) mass is 290 g/mol. The summed E-state index contributed by atoms with van der Waals surface area (Å²) in [6.07, 6.45) is 0. The number of halogens is 3. The van der Waals surface area contributed by atoms with E-state index in [0.717, 1.165) is 5.52 Å². The average molecular weight is 292 g/mol. The van der Waals surface area contributed by atoms with Crippen molar-refractivity contribution in [2.75, 3.05) is 7.11 Å². The predicted molar refractivity (Wildman–Crippen MR) is 70.1 cm³/mol. The fourth-order valence-corrected chi connectivity index (χ4v) is 2.05. The van der Waals surface area contributed by atoms with Crippen molar-refractivity contribution >= 4 is 45.8 Å². The summed E-state index contributed by atoms with van der Waals surface area (Å²) in [5, 5.41) is 0.